The van der Waals surface area contributed by atoms with Crippen molar-refractivity contribution < 1.29 is 23.8 Å². The van der Waals surface area contributed by atoms with Crippen molar-refractivity contribution in [3.8, 4) is 17.2 Å². The van der Waals surface area contributed by atoms with E-state index in [9.17, 15) is 9.59 Å². The molecule has 7 nitrogen and oxygen atoms in total. The third-order valence-electron chi connectivity index (χ3n) is 4.15. The van der Waals surface area contributed by atoms with Gasteiger partial charge in [0.25, 0.3) is 5.91 Å². The molecule has 0 saturated heterocycles. The van der Waals surface area contributed by atoms with Crippen LogP contribution in [0.4, 0.5) is 0 Å². The summed E-state index contributed by atoms with van der Waals surface area (Å²) in [7, 11) is 4.41. The topological polar surface area (TPSA) is 85.9 Å². The number of rotatable bonds is 7. The number of carbonyl (C=O) groups is 2. The third kappa shape index (κ3) is 4.69. The number of amides is 2. The first-order valence-corrected chi connectivity index (χ1v) is 8.50. The molecule has 144 valence electrons. The van der Waals surface area contributed by atoms with E-state index in [2.05, 4.69) is 10.9 Å². The summed E-state index contributed by atoms with van der Waals surface area (Å²) in [6.07, 6.45) is 0.607. The van der Waals surface area contributed by atoms with E-state index in [1.807, 2.05) is 37.3 Å². The second-order valence-corrected chi connectivity index (χ2v) is 5.73. The van der Waals surface area contributed by atoms with Crippen molar-refractivity contribution in [3.63, 3.8) is 0 Å². The van der Waals surface area contributed by atoms with Crippen molar-refractivity contribution in [1.82, 2.24) is 10.9 Å². The molecule has 7 heteroatoms. The molecule has 2 aromatic carbocycles. The lowest BCUT2D eigenvalue weighted by molar-refractivity contribution is -0.123. The smallest absolute Gasteiger partial charge is 0.269 e. The highest BCUT2D eigenvalue weighted by atomic mass is 16.5. The van der Waals surface area contributed by atoms with E-state index in [0.717, 1.165) is 5.56 Å². The minimum absolute atomic E-state index is 0.262. The van der Waals surface area contributed by atoms with Gasteiger partial charge in [-0.3, -0.25) is 20.4 Å². The highest BCUT2D eigenvalue weighted by Crippen LogP contribution is 2.38. The molecule has 1 atom stereocenters. The molecule has 2 aromatic rings. The molecule has 0 bridgehead atoms. The minimum atomic E-state index is -0.495. The van der Waals surface area contributed by atoms with Gasteiger partial charge in [-0.1, -0.05) is 37.3 Å². The quantitative estimate of drug-likeness (QED) is 0.730. The zero-order valence-electron chi connectivity index (χ0n) is 15.9. The van der Waals surface area contributed by atoms with Crippen LogP contribution in [-0.2, 0) is 4.79 Å². The van der Waals surface area contributed by atoms with Gasteiger partial charge in [-0.2, -0.15) is 0 Å². The van der Waals surface area contributed by atoms with E-state index in [4.69, 9.17) is 14.2 Å². The van der Waals surface area contributed by atoms with Gasteiger partial charge in [0.2, 0.25) is 11.7 Å². The van der Waals surface area contributed by atoms with Crippen molar-refractivity contribution in [2.45, 2.75) is 19.3 Å². The number of ether oxygens (including phenoxy) is 3. The Morgan fingerprint density at radius 2 is 1.52 bits per heavy atom. The Morgan fingerprint density at radius 3 is 2.00 bits per heavy atom. The van der Waals surface area contributed by atoms with E-state index in [-0.39, 0.29) is 17.4 Å². The van der Waals surface area contributed by atoms with Crippen LogP contribution in [0, 0.1) is 0 Å². The molecule has 0 radical (unpaired) electrons. The molecule has 0 aliphatic rings. The van der Waals surface area contributed by atoms with E-state index in [1.165, 1.54) is 33.5 Å². The van der Waals surface area contributed by atoms with Crippen LogP contribution in [0.1, 0.15) is 35.2 Å². The lowest BCUT2D eigenvalue weighted by Gasteiger charge is -2.17. The van der Waals surface area contributed by atoms with Crippen molar-refractivity contribution in [2.24, 2.45) is 0 Å². The normalized spacial score (nSPS) is 11.3. The maximum absolute atomic E-state index is 12.5. The van der Waals surface area contributed by atoms with Gasteiger partial charge < -0.3 is 14.2 Å². The van der Waals surface area contributed by atoms with Crippen LogP contribution in [0.25, 0.3) is 0 Å². The molecule has 0 aliphatic carbocycles. The van der Waals surface area contributed by atoms with Crippen LogP contribution in [0.15, 0.2) is 42.5 Å². The molecule has 0 aliphatic heterocycles. The number of hydrogen-bond acceptors (Lipinski definition) is 5. The van der Waals surface area contributed by atoms with Crippen molar-refractivity contribution in [1.29, 1.82) is 0 Å². The summed E-state index contributed by atoms with van der Waals surface area (Å²) in [5.74, 6) is -0.0507. The Labute approximate surface area is 158 Å². The lowest BCUT2D eigenvalue weighted by atomic mass is 9.96. The Hall–Kier alpha value is -3.22. The summed E-state index contributed by atoms with van der Waals surface area (Å²) < 4.78 is 15.7. The minimum Gasteiger partial charge on any atom is -0.493 e. The molecule has 2 amide bonds. The molecule has 27 heavy (non-hydrogen) atoms. The van der Waals surface area contributed by atoms with Crippen LogP contribution in [-0.4, -0.2) is 33.1 Å². The predicted molar refractivity (Wildman–Crippen MR) is 101 cm³/mol. The number of nitrogens with one attached hydrogen (secondary N) is 2. The lowest BCUT2D eigenvalue weighted by Crippen LogP contribution is -2.43. The van der Waals surface area contributed by atoms with Gasteiger partial charge >= 0.3 is 0 Å². The second kappa shape index (κ2) is 9.47. The van der Waals surface area contributed by atoms with Gasteiger partial charge in [-0.05, 0) is 24.1 Å². The average molecular weight is 372 g/mol. The predicted octanol–water partition coefficient (Wildman–Crippen LogP) is 2.67. The number of benzene rings is 2. The molecule has 0 saturated carbocycles. The Morgan fingerprint density at radius 1 is 0.926 bits per heavy atom. The van der Waals surface area contributed by atoms with Crippen molar-refractivity contribution in [2.75, 3.05) is 21.3 Å². The number of hydrogen-bond donors (Lipinski definition) is 2. The molecule has 0 heterocycles. The largest absolute Gasteiger partial charge is 0.493 e. The van der Waals surface area contributed by atoms with Gasteiger partial charge in [-0.25, -0.2) is 0 Å². The van der Waals surface area contributed by atoms with Crippen LogP contribution in [0.3, 0.4) is 0 Å². The number of methoxy groups -OCH3 is 3. The first-order valence-electron chi connectivity index (χ1n) is 8.50. The van der Waals surface area contributed by atoms with Gasteiger partial charge in [0.05, 0.1) is 27.2 Å². The maximum atomic E-state index is 12.5. The van der Waals surface area contributed by atoms with Gasteiger partial charge in [0, 0.05) is 5.56 Å². The average Bonchev–Trinajstić information content (AvgIpc) is 2.72. The SMILES string of the molecule is CCC(C(=O)NNC(=O)c1cc(OC)c(OC)c(OC)c1)c1ccccc1. The van der Waals surface area contributed by atoms with Crippen molar-refractivity contribution >= 4 is 11.8 Å². The summed E-state index contributed by atoms with van der Waals surface area (Å²) in [5, 5.41) is 0. The fraction of sp³-hybridized carbons (Fsp3) is 0.300. The molecule has 0 spiro atoms. The Balaban J connectivity index is 2.12. The zero-order valence-corrected chi connectivity index (χ0v) is 15.9. The van der Waals surface area contributed by atoms with E-state index in [0.29, 0.717) is 23.7 Å². The molecule has 1 unspecified atom stereocenters. The molecule has 2 N–H and O–H groups in total. The second-order valence-electron chi connectivity index (χ2n) is 5.73. The zero-order chi connectivity index (χ0) is 19.8. The highest BCUT2D eigenvalue weighted by Gasteiger charge is 2.20. The first-order chi connectivity index (χ1) is 13.0. The Kier molecular flexibility index (Phi) is 7.05. The molecule has 0 aromatic heterocycles. The van der Waals surface area contributed by atoms with Gasteiger partial charge in [0.15, 0.2) is 11.5 Å². The molecular weight excluding hydrogens is 348 g/mol. The molecular formula is C20H24N2O5. The number of hydrazine groups is 1. The van der Waals surface area contributed by atoms with E-state index >= 15 is 0 Å². The van der Waals surface area contributed by atoms with Gasteiger partial charge in [0.1, 0.15) is 0 Å². The fourth-order valence-corrected chi connectivity index (χ4v) is 2.75. The fourth-order valence-electron chi connectivity index (χ4n) is 2.75. The van der Waals surface area contributed by atoms with Crippen molar-refractivity contribution in [3.05, 3.63) is 53.6 Å². The first kappa shape index (κ1) is 20.1. The van der Waals surface area contributed by atoms with Crippen LogP contribution in [0.5, 0.6) is 17.2 Å². The summed E-state index contributed by atoms with van der Waals surface area (Å²) in [6.45, 7) is 1.91. The highest BCUT2D eigenvalue weighted by molar-refractivity contribution is 5.97. The monoisotopic (exact) mass is 372 g/mol. The third-order valence-corrected chi connectivity index (χ3v) is 4.15. The molecule has 2 rings (SSSR count). The standard InChI is InChI=1S/C20H24N2O5/c1-5-15(13-9-7-6-8-10-13)20(24)22-21-19(23)14-11-16(25-2)18(27-4)17(12-14)26-3/h6-12,15H,5H2,1-4H3,(H,21,23)(H,22,24). The van der Waals surface area contributed by atoms with Crippen LogP contribution >= 0.6 is 0 Å². The van der Waals surface area contributed by atoms with Gasteiger partial charge in [-0.15, -0.1) is 0 Å². The summed E-state index contributed by atoms with van der Waals surface area (Å²) in [4.78, 5) is 24.9. The summed E-state index contributed by atoms with van der Waals surface area (Å²) >= 11 is 0. The summed E-state index contributed by atoms with van der Waals surface area (Å²) in [5.41, 5.74) is 6.07. The van der Waals surface area contributed by atoms with E-state index < -0.39 is 5.91 Å². The maximum Gasteiger partial charge on any atom is 0.269 e. The van der Waals surface area contributed by atoms with Crippen LogP contribution < -0.4 is 25.1 Å². The molecule has 0 fully saturated rings. The van der Waals surface area contributed by atoms with Crippen LogP contribution in [0.2, 0.25) is 0 Å². The Bertz CT molecular complexity index is 767. The van der Waals surface area contributed by atoms with E-state index in [1.54, 1.807) is 0 Å². The summed E-state index contributed by atoms with van der Waals surface area (Å²) in [6, 6.07) is 12.4. The number of carbonyl (C=O) groups excluding carboxylic acids is 2.